The topological polar surface area (TPSA) is 110 Å². The largest absolute Gasteiger partial charge is 0.441 e. The first kappa shape index (κ1) is 22.1. The first-order valence-corrected chi connectivity index (χ1v) is 11.4. The molecule has 178 valence electrons. The average Bonchev–Trinajstić information content (AvgIpc) is 3.30. The van der Waals surface area contributed by atoms with E-state index in [9.17, 15) is 14.0 Å². The van der Waals surface area contributed by atoms with E-state index >= 15 is 0 Å². The van der Waals surface area contributed by atoms with Crippen LogP contribution in [0.4, 0.5) is 15.0 Å². The maximum Gasteiger partial charge on any atom is 0.407 e. The summed E-state index contributed by atoms with van der Waals surface area (Å²) in [5.74, 6) is 0.598. The molecule has 0 atom stereocenters. The van der Waals surface area contributed by atoms with Crippen LogP contribution in [-0.4, -0.2) is 48.3 Å². The Bertz CT molecular complexity index is 1210. The van der Waals surface area contributed by atoms with Gasteiger partial charge in [0.05, 0.1) is 5.52 Å². The smallest absolute Gasteiger partial charge is 0.407 e. The predicted molar refractivity (Wildman–Crippen MR) is 122 cm³/mol. The molecule has 1 spiro atoms. The first-order chi connectivity index (χ1) is 16.4. The van der Waals surface area contributed by atoms with Crippen LogP contribution in [0.5, 0.6) is 0 Å². The molecule has 1 aliphatic heterocycles. The standard InChI is InChI=1S/C24H26FN5O4/c1-26-22(31)20-11-18(34-29-20)14-33-23(32)27-17-12-24(13-17)6-8-30(9-7-24)21-5-2-15-10-16(25)3-4-19(15)28-21/h2-5,10-11,17H,6-9,12-14H2,1H3,(H,26,31)(H,27,32). The van der Waals surface area contributed by atoms with E-state index in [-0.39, 0.29) is 35.5 Å². The molecule has 1 aliphatic carbocycles. The lowest BCUT2D eigenvalue weighted by Crippen LogP contribution is -2.55. The van der Waals surface area contributed by atoms with Crippen molar-refractivity contribution in [1.82, 2.24) is 20.8 Å². The number of nitrogens with one attached hydrogen (secondary N) is 2. The number of rotatable bonds is 5. The zero-order valence-electron chi connectivity index (χ0n) is 18.8. The third-order valence-corrected chi connectivity index (χ3v) is 6.83. The zero-order valence-corrected chi connectivity index (χ0v) is 18.8. The second-order valence-corrected chi connectivity index (χ2v) is 9.08. The molecule has 1 saturated heterocycles. The maximum absolute atomic E-state index is 13.4. The van der Waals surface area contributed by atoms with Gasteiger partial charge in [0.15, 0.2) is 18.1 Å². The molecule has 3 aromatic rings. The predicted octanol–water partition coefficient (Wildman–Crippen LogP) is 3.40. The van der Waals surface area contributed by atoms with Crippen molar-refractivity contribution in [2.45, 2.75) is 38.3 Å². The molecule has 0 radical (unpaired) electrons. The third-order valence-electron chi connectivity index (χ3n) is 6.83. The van der Waals surface area contributed by atoms with Crippen molar-refractivity contribution < 1.29 is 23.2 Å². The van der Waals surface area contributed by atoms with E-state index in [1.807, 2.05) is 12.1 Å². The molecule has 2 N–H and O–H groups in total. The van der Waals surface area contributed by atoms with Crippen molar-refractivity contribution >= 4 is 28.7 Å². The van der Waals surface area contributed by atoms with Crippen molar-refractivity contribution in [1.29, 1.82) is 0 Å². The van der Waals surface area contributed by atoms with Crippen molar-refractivity contribution in [2.75, 3.05) is 25.0 Å². The molecule has 2 aromatic heterocycles. The van der Waals surface area contributed by atoms with Crippen LogP contribution in [0.2, 0.25) is 0 Å². The Morgan fingerprint density at radius 1 is 1.21 bits per heavy atom. The molecule has 10 heteroatoms. The van der Waals surface area contributed by atoms with Crippen molar-refractivity contribution in [2.24, 2.45) is 5.41 Å². The minimum atomic E-state index is -0.507. The Labute approximate surface area is 195 Å². The van der Waals surface area contributed by atoms with Gasteiger partial charge in [-0.1, -0.05) is 5.16 Å². The zero-order chi connectivity index (χ0) is 23.7. The van der Waals surface area contributed by atoms with Gasteiger partial charge in [-0.15, -0.1) is 0 Å². The van der Waals surface area contributed by atoms with Crippen LogP contribution in [0.25, 0.3) is 10.9 Å². The van der Waals surface area contributed by atoms with Gasteiger partial charge in [-0.25, -0.2) is 14.2 Å². The van der Waals surface area contributed by atoms with Crippen LogP contribution in [-0.2, 0) is 11.3 Å². The Morgan fingerprint density at radius 3 is 2.76 bits per heavy atom. The number of piperidine rings is 1. The highest BCUT2D eigenvalue weighted by Gasteiger charge is 2.46. The van der Waals surface area contributed by atoms with Gasteiger partial charge in [0.2, 0.25) is 0 Å². The molecule has 0 bridgehead atoms. The second-order valence-electron chi connectivity index (χ2n) is 9.08. The number of carbonyl (C=O) groups excluding carboxylic acids is 2. The van der Waals surface area contributed by atoms with Crippen molar-refractivity contribution in [3.8, 4) is 0 Å². The molecule has 9 nitrogen and oxygen atoms in total. The van der Waals surface area contributed by atoms with Crippen LogP contribution in [0.1, 0.15) is 41.9 Å². The number of alkyl carbamates (subject to hydrolysis) is 1. The van der Waals surface area contributed by atoms with Crippen LogP contribution in [0.3, 0.4) is 0 Å². The first-order valence-electron chi connectivity index (χ1n) is 11.4. The van der Waals surface area contributed by atoms with E-state index < -0.39 is 6.09 Å². The van der Waals surface area contributed by atoms with Gasteiger partial charge in [-0.05, 0) is 61.4 Å². The van der Waals surface area contributed by atoms with Gasteiger partial charge < -0.3 is 24.8 Å². The molecule has 0 unspecified atom stereocenters. The maximum atomic E-state index is 13.4. The monoisotopic (exact) mass is 467 g/mol. The lowest BCUT2D eigenvalue weighted by molar-refractivity contribution is 0.0457. The van der Waals surface area contributed by atoms with Gasteiger partial charge in [-0.2, -0.15) is 0 Å². The summed E-state index contributed by atoms with van der Waals surface area (Å²) in [4.78, 5) is 30.6. The fourth-order valence-corrected chi connectivity index (χ4v) is 4.93. The minimum Gasteiger partial charge on any atom is -0.441 e. The molecule has 2 fully saturated rings. The highest BCUT2D eigenvalue weighted by atomic mass is 19.1. The number of hydrogen-bond donors (Lipinski definition) is 2. The summed E-state index contributed by atoms with van der Waals surface area (Å²) in [6.07, 6.45) is 3.40. The Balaban J connectivity index is 1.07. The molecule has 2 aliphatic rings. The minimum absolute atomic E-state index is 0.0869. The van der Waals surface area contributed by atoms with Crippen LogP contribution in [0.15, 0.2) is 40.9 Å². The number of pyridine rings is 1. The summed E-state index contributed by atoms with van der Waals surface area (Å²) < 4.78 is 23.6. The van der Waals surface area contributed by atoms with Crippen molar-refractivity contribution in [3.05, 3.63) is 53.7 Å². The number of ether oxygens (including phenoxy) is 1. The van der Waals surface area contributed by atoms with Gasteiger partial charge in [-0.3, -0.25) is 4.79 Å². The number of carbonyl (C=O) groups is 2. The molecule has 1 saturated carbocycles. The quantitative estimate of drug-likeness (QED) is 0.592. The number of benzene rings is 1. The molecule has 5 rings (SSSR count). The number of amides is 2. The van der Waals surface area contributed by atoms with Crippen molar-refractivity contribution in [3.63, 3.8) is 0 Å². The molecule has 3 heterocycles. The fourth-order valence-electron chi connectivity index (χ4n) is 4.93. The van der Waals surface area contributed by atoms with Gasteiger partial charge in [0, 0.05) is 37.6 Å². The van der Waals surface area contributed by atoms with E-state index in [4.69, 9.17) is 14.2 Å². The molecular formula is C24H26FN5O4. The Morgan fingerprint density at radius 2 is 2.00 bits per heavy atom. The van der Waals surface area contributed by atoms with Gasteiger partial charge in [0.1, 0.15) is 11.6 Å². The summed E-state index contributed by atoms with van der Waals surface area (Å²) in [7, 11) is 1.50. The number of aromatic nitrogens is 2. The number of nitrogens with zero attached hydrogens (tertiary/aromatic N) is 3. The lowest BCUT2D eigenvalue weighted by atomic mass is 9.60. The van der Waals surface area contributed by atoms with Gasteiger partial charge >= 0.3 is 6.09 Å². The van der Waals surface area contributed by atoms with E-state index in [0.717, 1.165) is 55.5 Å². The van der Waals surface area contributed by atoms with E-state index in [1.165, 1.54) is 25.2 Å². The molecule has 2 amide bonds. The Hall–Kier alpha value is -3.69. The van der Waals surface area contributed by atoms with E-state index in [2.05, 4.69) is 20.7 Å². The van der Waals surface area contributed by atoms with Crippen LogP contribution >= 0.6 is 0 Å². The summed E-state index contributed by atoms with van der Waals surface area (Å²) >= 11 is 0. The number of hydrogen-bond acceptors (Lipinski definition) is 7. The highest BCUT2D eigenvalue weighted by molar-refractivity contribution is 5.91. The van der Waals surface area contributed by atoms with E-state index in [1.54, 1.807) is 6.07 Å². The average molecular weight is 468 g/mol. The molecule has 34 heavy (non-hydrogen) atoms. The van der Waals surface area contributed by atoms with E-state index in [0.29, 0.717) is 5.76 Å². The van der Waals surface area contributed by atoms with Gasteiger partial charge in [0.25, 0.3) is 5.91 Å². The normalized spacial score (nSPS) is 17.4. The SMILES string of the molecule is CNC(=O)c1cc(COC(=O)NC2CC3(CCN(c4ccc5cc(F)ccc5n4)CC3)C2)on1. The summed E-state index contributed by atoms with van der Waals surface area (Å²) in [5, 5.41) is 9.79. The summed E-state index contributed by atoms with van der Waals surface area (Å²) in [6, 6.07) is 10.0. The number of anilines is 1. The highest BCUT2D eigenvalue weighted by Crippen LogP contribution is 2.49. The summed E-state index contributed by atoms with van der Waals surface area (Å²) in [6.45, 7) is 1.71. The summed E-state index contributed by atoms with van der Waals surface area (Å²) in [5.41, 5.74) is 1.17. The number of fused-ring (bicyclic) bond motifs is 1. The van der Waals surface area contributed by atoms with Crippen LogP contribution in [0, 0.1) is 11.2 Å². The lowest BCUT2D eigenvalue weighted by Gasteiger charge is -2.52. The van der Waals surface area contributed by atoms with Crippen LogP contribution < -0.4 is 15.5 Å². The molecular weight excluding hydrogens is 441 g/mol. The Kier molecular flexibility index (Phi) is 5.80. The fraction of sp³-hybridized carbons (Fsp3) is 0.417. The third kappa shape index (κ3) is 4.52. The number of halogens is 1. The molecule has 1 aromatic carbocycles. The second kappa shape index (κ2) is 8.92.